The van der Waals surface area contributed by atoms with Gasteiger partial charge in [0.25, 0.3) is 0 Å². The molecule has 0 amide bonds. The van der Waals surface area contributed by atoms with Gasteiger partial charge in [-0.1, -0.05) is 12.6 Å². The topological polar surface area (TPSA) is 106 Å². The van der Waals surface area contributed by atoms with Crippen LogP contribution in [-0.4, -0.2) is 44.6 Å². The van der Waals surface area contributed by atoms with Crippen molar-refractivity contribution in [2.24, 2.45) is 0 Å². The molecular formula is C17H23N5O2. The maximum absolute atomic E-state index is 9.48. The molecule has 2 heterocycles. The zero-order valence-corrected chi connectivity index (χ0v) is 13.5. The highest BCUT2D eigenvalue weighted by atomic mass is 16.3. The van der Waals surface area contributed by atoms with E-state index in [-0.39, 0.29) is 24.6 Å². The fourth-order valence-corrected chi connectivity index (χ4v) is 2.94. The minimum Gasteiger partial charge on any atom is -0.507 e. The molecule has 0 bridgehead atoms. The highest BCUT2D eigenvalue weighted by Crippen LogP contribution is 2.23. The summed E-state index contributed by atoms with van der Waals surface area (Å²) in [5.74, 6) is 0.431. The Balaban J connectivity index is 1.98. The van der Waals surface area contributed by atoms with Crippen molar-refractivity contribution in [3.8, 4) is 0 Å². The van der Waals surface area contributed by atoms with E-state index in [1.54, 1.807) is 0 Å². The van der Waals surface area contributed by atoms with E-state index in [0.29, 0.717) is 12.0 Å². The Labute approximate surface area is 140 Å². The Morgan fingerprint density at radius 2 is 2.17 bits per heavy atom. The van der Waals surface area contributed by atoms with Crippen LogP contribution in [0.25, 0.3) is 11.0 Å². The first-order valence-corrected chi connectivity index (χ1v) is 8.11. The molecule has 0 aliphatic carbocycles. The summed E-state index contributed by atoms with van der Waals surface area (Å²) in [5.41, 5.74) is 2.44. The minimum atomic E-state index is -0.247. The molecule has 7 nitrogen and oxygen atoms in total. The van der Waals surface area contributed by atoms with Gasteiger partial charge in [0, 0.05) is 6.04 Å². The van der Waals surface area contributed by atoms with Crippen LogP contribution in [-0.2, 0) is 13.2 Å². The number of hydrogen-bond acceptors (Lipinski definition) is 6. The molecule has 1 aromatic carbocycles. The average molecular weight is 329 g/mol. The SMILES string of the molecule is C=C(O)C(=N)Cn1c(NC2CCNCC2)nc2ccc(CO)cc21. The first-order chi connectivity index (χ1) is 11.6. The maximum atomic E-state index is 9.48. The number of benzene rings is 1. The Morgan fingerprint density at radius 3 is 2.83 bits per heavy atom. The fraction of sp³-hybridized carbons (Fsp3) is 0.412. The van der Waals surface area contributed by atoms with Crippen LogP contribution in [0.1, 0.15) is 18.4 Å². The Kier molecular flexibility index (Phi) is 4.82. The summed E-state index contributed by atoms with van der Waals surface area (Å²) in [7, 11) is 0. The van der Waals surface area contributed by atoms with Gasteiger partial charge in [-0.2, -0.15) is 0 Å². The fourth-order valence-electron chi connectivity index (χ4n) is 2.94. The van der Waals surface area contributed by atoms with E-state index in [2.05, 4.69) is 22.2 Å². The van der Waals surface area contributed by atoms with Gasteiger partial charge in [-0.15, -0.1) is 0 Å². The van der Waals surface area contributed by atoms with E-state index >= 15 is 0 Å². The lowest BCUT2D eigenvalue weighted by atomic mass is 10.1. The standard InChI is InChI=1S/C17H23N5O2/c1-11(24)14(18)9-22-16-8-12(10-23)2-3-15(16)21-17(22)20-13-4-6-19-7-5-13/h2-3,8,13,18-19,23-24H,1,4-7,9-10H2,(H,20,21). The van der Waals surface area contributed by atoms with Crippen molar-refractivity contribution in [1.82, 2.24) is 14.9 Å². The zero-order valence-electron chi connectivity index (χ0n) is 13.5. The molecule has 3 rings (SSSR count). The van der Waals surface area contributed by atoms with Crippen LogP contribution in [0, 0.1) is 5.41 Å². The number of nitrogens with one attached hydrogen (secondary N) is 3. The number of hydrogen-bond donors (Lipinski definition) is 5. The second kappa shape index (κ2) is 7.02. The van der Waals surface area contributed by atoms with Crippen LogP contribution < -0.4 is 10.6 Å². The van der Waals surface area contributed by atoms with E-state index in [1.807, 2.05) is 22.8 Å². The summed E-state index contributed by atoms with van der Waals surface area (Å²) in [4.78, 5) is 4.64. The highest BCUT2D eigenvalue weighted by Gasteiger charge is 2.18. The highest BCUT2D eigenvalue weighted by molar-refractivity contribution is 5.96. The number of aliphatic hydroxyl groups is 2. The molecule has 0 unspecified atom stereocenters. The van der Waals surface area contributed by atoms with E-state index < -0.39 is 0 Å². The van der Waals surface area contributed by atoms with Gasteiger partial charge >= 0.3 is 0 Å². The van der Waals surface area contributed by atoms with Crippen LogP contribution in [0.4, 0.5) is 5.95 Å². The van der Waals surface area contributed by atoms with Crippen LogP contribution >= 0.6 is 0 Å². The Morgan fingerprint density at radius 1 is 1.42 bits per heavy atom. The number of anilines is 1. The van der Waals surface area contributed by atoms with Crippen LogP contribution in [0.15, 0.2) is 30.5 Å². The van der Waals surface area contributed by atoms with Gasteiger partial charge < -0.3 is 25.4 Å². The van der Waals surface area contributed by atoms with Gasteiger partial charge in [-0.3, -0.25) is 5.41 Å². The van der Waals surface area contributed by atoms with E-state index in [0.717, 1.165) is 42.5 Å². The number of aliphatic hydroxyl groups excluding tert-OH is 2. The summed E-state index contributed by atoms with van der Waals surface area (Å²) >= 11 is 0. The number of fused-ring (bicyclic) bond motifs is 1. The molecule has 0 radical (unpaired) electrons. The van der Waals surface area contributed by atoms with Gasteiger partial charge in [-0.25, -0.2) is 4.98 Å². The van der Waals surface area contributed by atoms with Gasteiger partial charge in [-0.05, 0) is 43.6 Å². The van der Waals surface area contributed by atoms with E-state index in [1.165, 1.54) is 0 Å². The molecule has 1 aliphatic heterocycles. The molecule has 5 N–H and O–H groups in total. The maximum Gasteiger partial charge on any atom is 0.204 e. The lowest BCUT2D eigenvalue weighted by molar-refractivity contribution is 0.282. The lowest BCUT2D eigenvalue weighted by Crippen LogP contribution is -2.36. The van der Waals surface area contributed by atoms with Crippen molar-refractivity contribution in [3.05, 3.63) is 36.1 Å². The molecular weight excluding hydrogens is 306 g/mol. The molecule has 1 saturated heterocycles. The third-order valence-electron chi connectivity index (χ3n) is 4.33. The van der Waals surface area contributed by atoms with Crippen LogP contribution in [0.5, 0.6) is 0 Å². The summed E-state index contributed by atoms with van der Waals surface area (Å²) in [6.45, 7) is 5.48. The van der Waals surface area contributed by atoms with Crippen molar-refractivity contribution < 1.29 is 10.2 Å². The van der Waals surface area contributed by atoms with E-state index in [9.17, 15) is 10.2 Å². The Hall–Kier alpha value is -2.38. The average Bonchev–Trinajstić information content (AvgIpc) is 2.92. The first kappa shape index (κ1) is 16.5. The van der Waals surface area contributed by atoms with Gasteiger partial charge in [0.15, 0.2) is 0 Å². The third-order valence-corrected chi connectivity index (χ3v) is 4.33. The van der Waals surface area contributed by atoms with Crippen molar-refractivity contribution in [3.63, 3.8) is 0 Å². The number of aromatic nitrogens is 2. The van der Waals surface area contributed by atoms with Crippen molar-refractivity contribution >= 4 is 22.7 Å². The molecule has 1 aliphatic rings. The number of imidazole rings is 1. The zero-order chi connectivity index (χ0) is 17.1. The molecule has 0 atom stereocenters. The molecule has 128 valence electrons. The van der Waals surface area contributed by atoms with Crippen molar-refractivity contribution in [1.29, 1.82) is 5.41 Å². The monoisotopic (exact) mass is 329 g/mol. The van der Waals surface area contributed by atoms with Crippen LogP contribution in [0.3, 0.4) is 0 Å². The van der Waals surface area contributed by atoms with Crippen molar-refractivity contribution in [2.75, 3.05) is 18.4 Å². The summed E-state index contributed by atoms with van der Waals surface area (Å²) < 4.78 is 1.86. The van der Waals surface area contributed by atoms with E-state index in [4.69, 9.17) is 5.41 Å². The number of rotatable bonds is 6. The molecule has 0 spiro atoms. The van der Waals surface area contributed by atoms with Crippen molar-refractivity contribution in [2.45, 2.75) is 32.0 Å². The predicted octanol–water partition coefficient (Wildman–Crippen LogP) is 1.78. The third kappa shape index (κ3) is 3.42. The summed E-state index contributed by atoms with van der Waals surface area (Å²) in [5, 5.41) is 33.6. The number of piperidine rings is 1. The quantitative estimate of drug-likeness (QED) is 0.410. The molecule has 1 aromatic heterocycles. The predicted molar refractivity (Wildman–Crippen MR) is 94.7 cm³/mol. The molecule has 24 heavy (non-hydrogen) atoms. The smallest absolute Gasteiger partial charge is 0.204 e. The minimum absolute atomic E-state index is 0.0389. The normalized spacial score (nSPS) is 15.5. The molecule has 1 fully saturated rings. The summed E-state index contributed by atoms with van der Waals surface area (Å²) in [6.07, 6.45) is 2.02. The second-order valence-electron chi connectivity index (χ2n) is 6.10. The van der Waals surface area contributed by atoms with Gasteiger partial charge in [0.05, 0.1) is 29.9 Å². The van der Waals surface area contributed by atoms with Gasteiger partial charge in [0.2, 0.25) is 5.95 Å². The Bertz CT molecular complexity index is 762. The number of allylic oxidation sites excluding steroid dienone is 1. The largest absolute Gasteiger partial charge is 0.507 e. The summed E-state index contributed by atoms with van der Waals surface area (Å²) in [6, 6.07) is 5.89. The lowest BCUT2D eigenvalue weighted by Gasteiger charge is -2.24. The first-order valence-electron chi connectivity index (χ1n) is 8.11. The van der Waals surface area contributed by atoms with Crippen LogP contribution in [0.2, 0.25) is 0 Å². The molecule has 2 aromatic rings. The second-order valence-corrected chi connectivity index (χ2v) is 6.10. The van der Waals surface area contributed by atoms with Gasteiger partial charge in [0.1, 0.15) is 5.76 Å². The number of nitrogens with zero attached hydrogens (tertiary/aromatic N) is 2. The molecule has 0 saturated carbocycles. The molecule has 7 heteroatoms.